The first kappa shape index (κ1) is 44.1. The standard InChI is InChI=1S/C52H56N4O6S/c1-38-18-24-48(25-19-38)63(59,60)54-49(31-39-10-4-2-5-11-39)51(58)53-34-42-14-8-15-44(30-42)45-16-9-17-46(32-45)52-61-47(33-50(62-52)43-22-20-41(37-57)21-23-43)36-56-28-26-55(27-29-56)35-40-12-6-3-7-13-40/h2-25,30,32,47,49-50,52,54,57H,26-29,31,33-37H2,1H3,(H,53,58)/t47-,49+,50+,52+/m0/s1. The lowest BCUT2D eigenvalue weighted by molar-refractivity contribution is -0.253. The highest BCUT2D eigenvalue weighted by Crippen LogP contribution is 2.39. The van der Waals surface area contributed by atoms with Gasteiger partial charge < -0.3 is 19.9 Å². The molecule has 2 aliphatic heterocycles. The van der Waals surface area contributed by atoms with Crippen LogP contribution in [0.2, 0.25) is 0 Å². The van der Waals surface area contributed by atoms with Crippen molar-refractivity contribution in [3.05, 3.63) is 197 Å². The third kappa shape index (κ3) is 12.0. The number of aliphatic hydroxyl groups is 1. The van der Waals surface area contributed by atoms with E-state index in [0.29, 0.717) is 6.42 Å². The van der Waals surface area contributed by atoms with Gasteiger partial charge in [-0.05, 0) is 76.6 Å². The summed E-state index contributed by atoms with van der Waals surface area (Å²) < 4.78 is 43.1. The van der Waals surface area contributed by atoms with Gasteiger partial charge in [0.15, 0.2) is 6.29 Å². The third-order valence-corrected chi connectivity index (χ3v) is 13.4. The average molecular weight is 865 g/mol. The molecular formula is C52H56N4O6S. The Morgan fingerprint density at radius 3 is 2.02 bits per heavy atom. The Hall–Kier alpha value is -5.50. The number of hydrogen-bond acceptors (Lipinski definition) is 8. The Bertz CT molecular complexity index is 2510. The number of rotatable bonds is 16. The molecule has 10 nitrogen and oxygen atoms in total. The number of carbonyl (C=O) groups is 1. The van der Waals surface area contributed by atoms with E-state index in [2.05, 4.69) is 62.3 Å². The number of nitrogens with one attached hydrogen (secondary N) is 2. The SMILES string of the molecule is Cc1ccc(S(=O)(=O)N[C@H](Cc2ccccc2)C(=O)NCc2cccc(-c3cccc([C@@H]4O[C@H](CN5CCN(Cc6ccccc6)CC5)C[C@H](c5ccc(CO)cc5)O4)c3)c2)cc1. The Balaban J connectivity index is 0.951. The first-order valence-electron chi connectivity index (χ1n) is 21.8. The van der Waals surface area contributed by atoms with Gasteiger partial charge >= 0.3 is 0 Å². The predicted octanol–water partition coefficient (Wildman–Crippen LogP) is 7.72. The molecule has 8 rings (SSSR count). The molecule has 2 fully saturated rings. The van der Waals surface area contributed by atoms with Crippen LogP contribution >= 0.6 is 0 Å². The Morgan fingerprint density at radius 1 is 0.683 bits per heavy atom. The summed E-state index contributed by atoms with van der Waals surface area (Å²) in [6.45, 7) is 7.78. The number of nitrogens with zero attached hydrogens (tertiary/aromatic N) is 2. The van der Waals surface area contributed by atoms with Crippen LogP contribution in [-0.2, 0) is 50.4 Å². The molecule has 1 amide bonds. The molecule has 0 spiro atoms. The number of benzene rings is 6. The van der Waals surface area contributed by atoms with Gasteiger partial charge in [0.1, 0.15) is 6.04 Å². The van der Waals surface area contributed by atoms with Crippen LogP contribution in [0.25, 0.3) is 11.1 Å². The van der Waals surface area contributed by atoms with Crippen molar-refractivity contribution >= 4 is 15.9 Å². The van der Waals surface area contributed by atoms with Crippen molar-refractivity contribution in [1.29, 1.82) is 0 Å². The van der Waals surface area contributed by atoms with Crippen LogP contribution in [0.15, 0.2) is 163 Å². The van der Waals surface area contributed by atoms with Crippen molar-refractivity contribution in [3.63, 3.8) is 0 Å². The molecule has 2 aliphatic rings. The molecule has 4 atom stereocenters. The van der Waals surface area contributed by atoms with E-state index >= 15 is 0 Å². The van der Waals surface area contributed by atoms with Crippen LogP contribution in [-0.4, -0.2) is 74.1 Å². The number of aliphatic hydroxyl groups excluding tert-OH is 1. The predicted molar refractivity (Wildman–Crippen MR) is 246 cm³/mol. The second kappa shape index (κ2) is 20.8. The van der Waals surface area contributed by atoms with Crippen molar-refractivity contribution in [2.24, 2.45) is 0 Å². The molecular weight excluding hydrogens is 809 g/mol. The number of ether oxygens (including phenoxy) is 2. The Morgan fingerprint density at radius 2 is 1.32 bits per heavy atom. The van der Waals surface area contributed by atoms with E-state index in [4.69, 9.17) is 9.47 Å². The Labute approximate surface area is 371 Å². The van der Waals surface area contributed by atoms with Crippen molar-refractivity contribution in [3.8, 4) is 11.1 Å². The summed E-state index contributed by atoms with van der Waals surface area (Å²) in [5.74, 6) is -0.419. The van der Waals surface area contributed by atoms with Gasteiger partial charge in [-0.1, -0.05) is 139 Å². The van der Waals surface area contributed by atoms with E-state index in [1.165, 1.54) is 5.56 Å². The van der Waals surface area contributed by atoms with Crippen LogP contribution in [0.5, 0.6) is 0 Å². The molecule has 0 saturated carbocycles. The van der Waals surface area contributed by atoms with Crippen molar-refractivity contribution < 1.29 is 27.8 Å². The minimum Gasteiger partial charge on any atom is -0.392 e. The summed E-state index contributed by atoms with van der Waals surface area (Å²) >= 11 is 0. The molecule has 2 heterocycles. The minimum atomic E-state index is -3.97. The topological polar surface area (TPSA) is 120 Å². The highest BCUT2D eigenvalue weighted by Gasteiger charge is 2.34. The highest BCUT2D eigenvalue weighted by molar-refractivity contribution is 7.89. The molecule has 6 aromatic carbocycles. The van der Waals surface area contributed by atoms with Crippen LogP contribution in [0.1, 0.15) is 57.8 Å². The molecule has 2 saturated heterocycles. The monoisotopic (exact) mass is 864 g/mol. The number of piperazine rings is 1. The number of aryl methyl sites for hydroxylation is 1. The molecule has 0 aromatic heterocycles. The maximum absolute atomic E-state index is 13.8. The molecule has 0 radical (unpaired) electrons. The van der Waals surface area contributed by atoms with E-state index in [1.54, 1.807) is 24.3 Å². The molecule has 0 bridgehead atoms. The zero-order valence-electron chi connectivity index (χ0n) is 35.7. The summed E-state index contributed by atoms with van der Waals surface area (Å²) in [7, 11) is -3.97. The molecule has 11 heteroatoms. The maximum Gasteiger partial charge on any atom is 0.241 e. The number of carbonyl (C=O) groups excluding carboxylic acids is 1. The van der Waals surface area contributed by atoms with Crippen LogP contribution in [0, 0.1) is 6.92 Å². The normalized spacial score (nSPS) is 19.0. The molecule has 6 aromatic rings. The molecule has 326 valence electrons. The lowest BCUT2D eigenvalue weighted by Crippen LogP contribution is -2.49. The van der Waals surface area contributed by atoms with Crippen LogP contribution < -0.4 is 10.0 Å². The second-order valence-electron chi connectivity index (χ2n) is 16.6. The smallest absolute Gasteiger partial charge is 0.241 e. The van der Waals surface area contributed by atoms with E-state index in [1.807, 2.05) is 97.9 Å². The van der Waals surface area contributed by atoms with E-state index in [-0.39, 0.29) is 36.7 Å². The first-order chi connectivity index (χ1) is 30.7. The Kier molecular flexibility index (Phi) is 14.6. The van der Waals surface area contributed by atoms with Gasteiger partial charge in [0, 0.05) is 57.8 Å². The number of amides is 1. The summed E-state index contributed by atoms with van der Waals surface area (Å²) in [5.41, 5.74) is 8.74. The van der Waals surface area contributed by atoms with Gasteiger partial charge in [-0.25, -0.2) is 8.42 Å². The van der Waals surface area contributed by atoms with Gasteiger partial charge in [-0.15, -0.1) is 0 Å². The number of sulfonamides is 1. The number of hydrogen-bond donors (Lipinski definition) is 3. The second-order valence-corrected chi connectivity index (χ2v) is 18.3. The molecule has 0 aliphatic carbocycles. The van der Waals surface area contributed by atoms with E-state index in [0.717, 1.165) is 83.8 Å². The fourth-order valence-electron chi connectivity index (χ4n) is 8.34. The van der Waals surface area contributed by atoms with Crippen molar-refractivity contribution in [2.45, 2.75) is 68.9 Å². The molecule has 3 N–H and O–H groups in total. The first-order valence-corrected chi connectivity index (χ1v) is 23.2. The fourth-order valence-corrected chi connectivity index (χ4v) is 9.54. The summed E-state index contributed by atoms with van der Waals surface area (Å²) in [6, 6.07) is 49.8. The maximum atomic E-state index is 13.8. The lowest BCUT2D eigenvalue weighted by atomic mass is 9.98. The summed E-state index contributed by atoms with van der Waals surface area (Å²) in [4.78, 5) is 18.9. The summed E-state index contributed by atoms with van der Waals surface area (Å²) in [5, 5.41) is 12.7. The van der Waals surface area contributed by atoms with Gasteiger partial charge in [-0.2, -0.15) is 4.72 Å². The molecule has 63 heavy (non-hydrogen) atoms. The third-order valence-electron chi connectivity index (χ3n) is 11.9. The van der Waals surface area contributed by atoms with Gasteiger partial charge in [-0.3, -0.25) is 14.6 Å². The van der Waals surface area contributed by atoms with Crippen molar-refractivity contribution in [1.82, 2.24) is 19.8 Å². The quantitative estimate of drug-likeness (QED) is 0.0906. The van der Waals surface area contributed by atoms with E-state index in [9.17, 15) is 18.3 Å². The van der Waals surface area contributed by atoms with Gasteiger partial charge in [0.2, 0.25) is 15.9 Å². The van der Waals surface area contributed by atoms with Gasteiger partial charge in [0.25, 0.3) is 0 Å². The lowest BCUT2D eigenvalue weighted by Gasteiger charge is -2.41. The van der Waals surface area contributed by atoms with Crippen LogP contribution in [0.4, 0.5) is 0 Å². The zero-order valence-corrected chi connectivity index (χ0v) is 36.5. The van der Waals surface area contributed by atoms with Gasteiger partial charge in [0.05, 0.1) is 23.7 Å². The molecule has 0 unspecified atom stereocenters. The van der Waals surface area contributed by atoms with Crippen LogP contribution in [0.3, 0.4) is 0 Å². The van der Waals surface area contributed by atoms with E-state index < -0.39 is 28.3 Å². The minimum absolute atomic E-state index is 0.0123. The highest BCUT2D eigenvalue weighted by atomic mass is 32.2. The van der Waals surface area contributed by atoms with Crippen molar-refractivity contribution in [2.75, 3.05) is 32.7 Å². The zero-order chi connectivity index (χ0) is 43.6. The fraction of sp³-hybridized carbons (Fsp3) is 0.288. The average Bonchev–Trinajstić information content (AvgIpc) is 3.32. The summed E-state index contributed by atoms with van der Waals surface area (Å²) in [6.07, 6.45) is 0.0555. The largest absolute Gasteiger partial charge is 0.392 e.